The van der Waals surface area contributed by atoms with Crippen LogP contribution < -0.4 is 4.90 Å². The molecule has 0 radical (unpaired) electrons. The standard InChI is InChI=1S/C61H57N/c1-58(2,3)44-24-32-50-51-33-25-45(59(4,5)6)37-55(51)61(54(50)36-44)56-38-46(60(7,8)9)26-34-52(56)53-35-31-49(39-57(53)61)62(47-27-20-42(21-28-47)40-16-12-10-13-17-40)48-29-22-43(23-30-48)41-18-14-11-15-19-41/h10-39H,1-9H3. The molecule has 0 fully saturated rings. The molecule has 0 aliphatic heterocycles. The van der Waals surface area contributed by atoms with E-state index >= 15 is 0 Å². The fraction of sp³-hybridized carbons (Fsp3) is 0.213. The molecule has 1 spiro atoms. The van der Waals surface area contributed by atoms with Crippen LogP contribution in [-0.4, -0.2) is 0 Å². The summed E-state index contributed by atoms with van der Waals surface area (Å²) in [6.45, 7) is 21.1. The zero-order chi connectivity index (χ0) is 43.2. The quantitative estimate of drug-likeness (QED) is 0.168. The molecule has 0 N–H and O–H groups in total. The minimum atomic E-state index is -0.519. The van der Waals surface area contributed by atoms with Crippen LogP contribution in [0.4, 0.5) is 17.1 Å². The zero-order valence-corrected chi connectivity index (χ0v) is 37.8. The molecule has 0 bridgehead atoms. The van der Waals surface area contributed by atoms with Gasteiger partial charge in [-0.05, 0) is 136 Å². The smallest absolute Gasteiger partial charge is 0.0726 e. The summed E-state index contributed by atoms with van der Waals surface area (Å²) in [6, 6.07) is 68.9. The molecule has 8 aromatic carbocycles. The molecule has 62 heavy (non-hydrogen) atoms. The molecule has 0 saturated heterocycles. The maximum atomic E-state index is 2.56. The second-order valence-electron chi connectivity index (χ2n) is 20.7. The topological polar surface area (TPSA) is 3.24 Å². The maximum absolute atomic E-state index is 2.56. The van der Waals surface area contributed by atoms with Gasteiger partial charge in [-0.15, -0.1) is 0 Å². The Morgan fingerprint density at radius 2 is 0.581 bits per heavy atom. The van der Waals surface area contributed by atoms with Crippen molar-refractivity contribution in [3.63, 3.8) is 0 Å². The fourth-order valence-corrected chi connectivity index (χ4v) is 10.1. The number of anilines is 3. The Morgan fingerprint density at radius 1 is 0.290 bits per heavy atom. The average Bonchev–Trinajstić information content (AvgIpc) is 3.72. The average molecular weight is 804 g/mol. The van der Waals surface area contributed by atoms with E-state index in [2.05, 4.69) is 249 Å². The minimum Gasteiger partial charge on any atom is -0.310 e. The summed E-state index contributed by atoms with van der Waals surface area (Å²) in [5, 5.41) is 0. The highest BCUT2D eigenvalue weighted by Crippen LogP contribution is 2.64. The Kier molecular flexibility index (Phi) is 9.16. The number of nitrogens with zero attached hydrogens (tertiary/aromatic N) is 1. The van der Waals surface area contributed by atoms with Gasteiger partial charge in [-0.2, -0.15) is 0 Å². The van der Waals surface area contributed by atoms with E-state index in [1.54, 1.807) is 0 Å². The van der Waals surface area contributed by atoms with Crippen molar-refractivity contribution in [2.24, 2.45) is 0 Å². The van der Waals surface area contributed by atoms with Gasteiger partial charge < -0.3 is 4.90 Å². The molecular formula is C61H57N. The van der Waals surface area contributed by atoms with Crippen molar-refractivity contribution >= 4 is 17.1 Å². The van der Waals surface area contributed by atoms with E-state index in [0.29, 0.717) is 0 Å². The second-order valence-corrected chi connectivity index (χ2v) is 20.7. The third kappa shape index (κ3) is 6.44. The second kappa shape index (κ2) is 14.3. The molecule has 2 aliphatic rings. The molecule has 0 heterocycles. The number of benzene rings is 8. The Labute approximate surface area is 369 Å². The highest BCUT2D eigenvalue weighted by atomic mass is 15.1. The van der Waals surface area contributed by atoms with Gasteiger partial charge in [-0.3, -0.25) is 0 Å². The van der Waals surface area contributed by atoms with Crippen molar-refractivity contribution in [2.75, 3.05) is 4.90 Å². The fourth-order valence-electron chi connectivity index (χ4n) is 10.1. The summed E-state index contributed by atoms with van der Waals surface area (Å²) in [5.74, 6) is 0. The molecule has 0 unspecified atom stereocenters. The van der Waals surface area contributed by atoms with E-state index in [1.165, 1.54) is 83.5 Å². The highest BCUT2D eigenvalue weighted by molar-refractivity contribution is 5.97. The van der Waals surface area contributed by atoms with Crippen LogP contribution in [0.5, 0.6) is 0 Å². The minimum absolute atomic E-state index is 0.0183. The predicted octanol–water partition coefficient (Wildman–Crippen LogP) is 16.7. The van der Waals surface area contributed by atoms with Crippen LogP contribution in [0.2, 0.25) is 0 Å². The lowest BCUT2D eigenvalue weighted by Crippen LogP contribution is -2.28. The van der Waals surface area contributed by atoms with Crippen LogP contribution in [0.15, 0.2) is 182 Å². The summed E-state index contributed by atoms with van der Waals surface area (Å²) in [4.78, 5) is 2.45. The zero-order valence-electron chi connectivity index (χ0n) is 37.8. The third-order valence-electron chi connectivity index (χ3n) is 13.6. The van der Waals surface area contributed by atoms with E-state index in [4.69, 9.17) is 0 Å². The first-order chi connectivity index (χ1) is 29.6. The van der Waals surface area contributed by atoms with Crippen LogP contribution in [0, 0.1) is 0 Å². The summed E-state index contributed by atoms with van der Waals surface area (Å²) < 4.78 is 0. The Morgan fingerprint density at radius 3 is 0.919 bits per heavy atom. The van der Waals surface area contributed by atoms with Gasteiger partial charge in [0.1, 0.15) is 0 Å². The Balaban J connectivity index is 1.25. The molecule has 2 aliphatic carbocycles. The first kappa shape index (κ1) is 39.7. The normalized spacial score (nSPS) is 13.7. The van der Waals surface area contributed by atoms with Gasteiger partial charge >= 0.3 is 0 Å². The van der Waals surface area contributed by atoms with E-state index < -0.39 is 5.41 Å². The molecule has 8 aromatic rings. The molecule has 1 heteroatoms. The third-order valence-corrected chi connectivity index (χ3v) is 13.6. The van der Waals surface area contributed by atoms with Gasteiger partial charge in [0.15, 0.2) is 0 Å². The van der Waals surface area contributed by atoms with E-state index in [-0.39, 0.29) is 16.2 Å². The maximum Gasteiger partial charge on any atom is 0.0726 e. The molecule has 10 rings (SSSR count). The lowest BCUT2D eigenvalue weighted by Gasteiger charge is -2.34. The first-order valence-electron chi connectivity index (χ1n) is 22.3. The van der Waals surface area contributed by atoms with E-state index in [9.17, 15) is 0 Å². The van der Waals surface area contributed by atoms with Crippen molar-refractivity contribution in [1.29, 1.82) is 0 Å². The molecule has 0 aromatic heterocycles. The first-order valence-corrected chi connectivity index (χ1v) is 22.3. The SMILES string of the molecule is CC(C)(C)c1ccc2c(c1)C1(c3cc(N(c4ccc(-c5ccccc5)cc4)c4ccc(-c5ccccc5)cc4)ccc3-2)c2cc(C(C)(C)C)ccc2-c2ccc(C(C)(C)C)cc21. The summed E-state index contributed by atoms with van der Waals surface area (Å²) in [5.41, 5.74) is 22.5. The molecule has 1 nitrogen and oxygen atoms in total. The van der Waals surface area contributed by atoms with Crippen LogP contribution in [0.1, 0.15) is 101 Å². The van der Waals surface area contributed by atoms with Crippen molar-refractivity contribution in [2.45, 2.75) is 84.0 Å². The van der Waals surface area contributed by atoms with Gasteiger partial charge in [0.25, 0.3) is 0 Å². The van der Waals surface area contributed by atoms with Gasteiger partial charge in [0.2, 0.25) is 0 Å². The Hall–Kier alpha value is -6.44. The van der Waals surface area contributed by atoms with Crippen molar-refractivity contribution in [3.8, 4) is 44.5 Å². The van der Waals surface area contributed by atoms with Gasteiger partial charge in [-0.1, -0.05) is 208 Å². The number of hydrogen-bond donors (Lipinski definition) is 0. The van der Waals surface area contributed by atoms with Crippen molar-refractivity contribution in [3.05, 3.63) is 221 Å². The van der Waals surface area contributed by atoms with Crippen molar-refractivity contribution < 1.29 is 0 Å². The molecule has 0 amide bonds. The monoisotopic (exact) mass is 803 g/mol. The van der Waals surface area contributed by atoms with Crippen LogP contribution in [0.3, 0.4) is 0 Å². The van der Waals surface area contributed by atoms with Gasteiger partial charge in [0.05, 0.1) is 5.41 Å². The summed E-state index contributed by atoms with van der Waals surface area (Å²) >= 11 is 0. The lowest BCUT2D eigenvalue weighted by molar-refractivity contribution is 0.584. The van der Waals surface area contributed by atoms with E-state index in [0.717, 1.165) is 17.1 Å². The molecule has 0 saturated carbocycles. The van der Waals surface area contributed by atoms with Crippen molar-refractivity contribution in [1.82, 2.24) is 0 Å². The highest BCUT2D eigenvalue weighted by Gasteiger charge is 2.53. The van der Waals surface area contributed by atoms with Gasteiger partial charge in [0, 0.05) is 17.1 Å². The largest absolute Gasteiger partial charge is 0.310 e. The predicted molar refractivity (Wildman–Crippen MR) is 264 cm³/mol. The summed E-state index contributed by atoms with van der Waals surface area (Å²) in [7, 11) is 0. The van der Waals surface area contributed by atoms with Crippen LogP contribution in [-0.2, 0) is 21.7 Å². The van der Waals surface area contributed by atoms with Crippen LogP contribution >= 0.6 is 0 Å². The lowest BCUT2D eigenvalue weighted by atomic mass is 9.68. The van der Waals surface area contributed by atoms with Gasteiger partial charge in [-0.25, -0.2) is 0 Å². The Bertz CT molecular complexity index is 2780. The molecule has 0 atom stereocenters. The molecular weight excluding hydrogens is 747 g/mol. The summed E-state index contributed by atoms with van der Waals surface area (Å²) in [6.07, 6.45) is 0. The van der Waals surface area contributed by atoms with E-state index in [1.807, 2.05) is 0 Å². The van der Waals surface area contributed by atoms with Crippen LogP contribution in [0.25, 0.3) is 44.5 Å². The number of fused-ring (bicyclic) bond motifs is 10. The number of hydrogen-bond acceptors (Lipinski definition) is 1. The molecule has 306 valence electrons. The number of rotatable bonds is 5.